The third-order valence-electron chi connectivity index (χ3n) is 7.34. The maximum absolute atomic E-state index is 14.9. The number of hydrogen-bond acceptors (Lipinski definition) is 5. The van der Waals surface area contributed by atoms with E-state index in [9.17, 15) is 9.18 Å². The highest BCUT2D eigenvalue weighted by Gasteiger charge is 2.23. The summed E-state index contributed by atoms with van der Waals surface area (Å²) < 4.78 is 14.9. The van der Waals surface area contributed by atoms with Crippen molar-refractivity contribution in [3.05, 3.63) is 88.2 Å². The molecule has 1 atom stereocenters. The van der Waals surface area contributed by atoms with Gasteiger partial charge < -0.3 is 15.5 Å². The molecule has 6 nitrogen and oxygen atoms in total. The molecule has 1 aromatic carbocycles. The number of likely N-dealkylation sites (tertiary alicyclic amines) is 1. The maximum Gasteiger partial charge on any atom is 0.253 e. The van der Waals surface area contributed by atoms with Crippen LogP contribution in [0.5, 0.6) is 0 Å². The first kappa shape index (κ1) is 30.3. The van der Waals surface area contributed by atoms with Gasteiger partial charge in [-0.2, -0.15) is 0 Å². The Balaban J connectivity index is 0.00000205. The number of allylic oxidation sites excluding steroid dienone is 2. The molecule has 3 heterocycles. The van der Waals surface area contributed by atoms with Gasteiger partial charge in [-0.3, -0.25) is 14.7 Å². The minimum absolute atomic E-state index is 0.0322. The molecule has 0 aliphatic carbocycles. The van der Waals surface area contributed by atoms with Crippen LogP contribution in [0.4, 0.5) is 4.39 Å². The molecule has 1 aromatic heterocycles. The summed E-state index contributed by atoms with van der Waals surface area (Å²) in [5.41, 5.74) is 12.4. The predicted molar refractivity (Wildman–Crippen MR) is 160 cm³/mol. The van der Waals surface area contributed by atoms with Gasteiger partial charge in [0, 0.05) is 62.5 Å². The Kier molecular flexibility index (Phi) is 10.6. The van der Waals surface area contributed by atoms with Crippen molar-refractivity contribution in [3.63, 3.8) is 0 Å². The summed E-state index contributed by atoms with van der Waals surface area (Å²) in [5.74, 6) is 0.238. The fourth-order valence-electron chi connectivity index (χ4n) is 5.13. The summed E-state index contributed by atoms with van der Waals surface area (Å²) >= 11 is 0. The standard InChI is InChI=1S/C30H38FN5O.C2H6/c1-20(16-26-21(2)33-13-10-25(26)27-19-35(5)29(32)17-28(27)31)18-36-14-11-23(12-15-36)22-6-8-24(9-7-22)30(37)34(3)4;1-2/h6-10,13,16-17,19,23,29H,11-12,14-15,18,32H2,1-5H3;1-2H3/b20-16+;. The van der Waals surface area contributed by atoms with Crippen LogP contribution in [-0.2, 0) is 0 Å². The molecule has 0 spiro atoms. The summed E-state index contributed by atoms with van der Waals surface area (Å²) in [6.07, 6.45) is 8.80. The minimum Gasteiger partial charge on any atom is -0.361 e. The van der Waals surface area contributed by atoms with Crippen molar-refractivity contribution in [3.8, 4) is 0 Å². The molecular formula is C32H44FN5O. The Morgan fingerprint density at radius 1 is 1.15 bits per heavy atom. The number of aromatic nitrogens is 1. The Hall–Kier alpha value is -3.29. The Morgan fingerprint density at radius 3 is 2.41 bits per heavy atom. The largest absolute Gasteiger partial charge is 0.361 e. The van der Waals surface area contributed by atoms with Crippen molar-refractivity contribution in [2.45, 2.75) is 52.6 Å². The molecule has 2 aliphatic heterocycles. The SMILES string of the molecule is C/C(=C\c1c(C2=CN(C)C(N)C=C2F)ccnc1C)CN1CCC(c2ccc(C(=O)N(C)C)cc2)CC1.CC. The minimum atomic E-state index is -0.464. The van der Waals surface area contributed by atoms with Crippen LogP contribution < -0.4 is 5.73 Å². The summed E-state index contributed by atoms with van der Waals surface area (Å²) in [6.45, 7) is 11.0. The van der Waals surface area contributed by atoms with Gasteiger partial charge in [0.1, 0.15) is 5.83 Å². The Morgan fingerprint density at radius 2 is 1.79 bits per heavy atom. The van der Waals surface area contributed by atoms with Crippen LogP contribution in [0.3, 0.4) is 0 Å². The van der Waals surface area contributed by atoms with E-state index in [1.54, 1.807) is 31.4 Å². The first-order valence-electron chi connectivity index (χ1n) is 13.9. The molecule has 1 saturated heterocycles. The number of hydrogen-bond donors (Lipinski definition) is 1. The lowest BCUT2D eigenvalue weighted by Gasteiger charge is -2.32. The van der Waals surface area contributed by atoms with Crippen molar-refractivity contribution >= 4 is 17.6 Å². The second-order valence-electron chi connectivity index (χ2n) is 10.4. The summed E-state index contributed by atoms with van der Waals surface area (Å²) in [4.78, 5) is 22.5. The number of pyridine rings is 1. The molecule has 4 rings (SSSR count). The average molecular weight is 534 g/mol. The molecule has 1 amide bonds. The number of nitrogens with two attached hydrogens (primary N) is 1. The first-order chi connectivity index (χ1) is 18.6. The van der Waals surface area contributed by atoms with Crippen LogP contribution in [0.25, 0.3) is 11.6 Å². The molecular weight excluding hydrogens is 489 g/mol. The number of piperidine rings is 1. The van der Waals surface area contributed by atoms with Gasteiger partial charge in [0.05, 0.1) is 6.17 Å². The Bertz CT molecular complexity index is 1220. The van der Waals surface area contributed by atoms with E-state index in [1.165, 1.54) is 17.2 Å². The molecule has 2 aromatic rings. The number of likely N-dealkylation sites (N-methyl/N-ethyl adjacent to an activating group) is 1. The van der Waals surface area contributed by atoms with Crippen LogP contribution in [0.15, 0.2) is 60.2 Å². The zero-order valence-electron chi connectivity index (χ0n) is 24.5. The number of amides is 1. The summed E-state index contributed by atoms with van der Waals surface area (Å²) in [7, 11) is 5.40. The van der Waals surface area contributed by atoms with Gasteiger partial charge in [-0.15, -0.1) is 0 Å². The van der Waals surface area contributed by atoms with Crippen molar-refractivity contribution < 1.29 is 9.18 Å². The van der Waals surface area contributed by atoms with Crippen molar-refractivity contribution in [2.24, 2.45) is 5.73 Å². The molecule has 7 heteroatoms. The normalized spacial score (nSPS) is 18.6. The maximum atomic E-state index is 14.9. The first-order valence-corrected chi connectivity index (χ1v) is 13.9. The van der Waals surface area contributed by atoms with E-state index in [-0.39, 0.29) is 11.7 Å². The lowest BCUT2D eigenvalue weighted by atomic mass is 9.88. The highest BCUT2D eigenvalue weighted by molar-refractivity contribution is 5.93. The Labute approximate surface area is 233 Å². The number of carbonyl (C=O) groups is 1. The number of halogens is 1. The van der Waals surface area contributed by atoms with Crippen LogP contribution >= 0.6 is 0 Å². The average Bonchev–Trinajstić information content (AvgIpc) is 2.93. The zero-order chi connectivity index (χ0) is 28.7. The third-order valence-corrected chi connectivity index (χ3v) is 7.34. The molecule has 0 radical (unpaired) electrons. The van der Waals surface area contributed by atoms with E-state index in [0.717, 1.165) is 54.9 Å². The molecule has 1 unspecified atom stereocenters. The zero-order valence-corrected chi connectivity index (χ0v) is 24.5. The van der Waals surface area contributed by atoms with E-state index in [2.05, 4.69) is 35.0 Å². The number of carbonyl (C=O) groups excluding carboxylic acids is 1. The van der Waals surface area contributed by atoms with E-state index in [0.29, 0.717) is 11.5 Å². The molecule has 1 fully saturated rings. The van der Waals surface area contributed by atoms with Gasteiger partial charge in [0.25, 0.3) is 5.91 Å². The molecule has 2 aliphatic rings. The second kappa shape index (κ2) is 13.7. The van der Waals surface area contributed by atoms with E-state index >= 15 is 0 Å². The molecule has 2 N–H and O–H groups in total. The van der Waals surface area contributed by atoms with E-state index in [4.69, 9.17) is 5.73 Å². The van der Waals surface area contributed by atoms with Crippen molar-refractivity contribution in [2.75, 3.05) is 40.8 Å². The third kappa shape index (κ3) is 7.43. The van der Waals surface area contributed by atoms with Gasteiger partial charge >= 0.3 is 0 Å². The smallest absolute Gasteiger partial charge is 0.253 e. The number of aryl methyl sites for hydroxylation is 1. The summed E-state index contributed by atoms with van der Waals surface area (Å²) in [5, 5.41) is 0. The van der Waals surface area contributed by atoms with Crippen LogP contribution in [-0.4, -0.2) is 72.5 Å². The van der Waals surface area contributed by atoms with Gasteiger partial charge in [0.2, 0.25) is 0 Å². The summed E-state index contributed by atoms with van der Waals surface area (Å²) in [6, 6.07) is 9.96. The van der Waals surface area contributed by atoms with Gasteiger partial charge in [0.15, 0.2) is 0 Å². The van der Waals surface area contributed by atoms with Gasteiger partial charge in [-0.25, -0.2) is 4.39 Å². The fourth-order valence-corrected chi connectivity index (χ4v) is 5.13. The quantitative estimate of drug-likeness (QED) is 0.507. The van der Waals surface area contributed by atoms with E-state index < -0.39 is 6.17 Å². The number of benzene rings is 1. The lowest BCUT2D eigenvalue weighted by molar-refractivity contribution is 0.0827. The molecule has 210 valence electrons. The van der Waals surface area contributed by atoms with Crippen molar-refractivity contribution in [1.82, 2.24) is 19.7 Å². The highest BCUT2D eigenvalue weighted by Crippen LogP contribution is 2.33. The molecule has 39 heavy (non-hydrogen) atoms. The monoisotopic (exact) mass is 533 g/mol. The topological polar surface area (TPSA) is 65.7 Å². The van der Waals surface area contributed by atoms with Crippen LogP contribution in [0.2, 0.25) is 0 Å². The van der Waals surface area contributed by atoms with Crippen molar-refractivity contribution in [1.29, 1.82) is 0 Å². The molecule has 0 bridgehead atoms. The predicted octanol–water partition coefficient (Wildman–Crippen LogP) is 5.83. The highest BCUT2D eigenvalue weighted by atomic mass is 19.1. The van der Waals surface area contributed by atoms with Crippen LogP contribution in [0.1, 0.15) is 72.3 Å². The van der Waals surface area contributed by atoms with Gasteiger partial charge in [-0.1, -0.05) is 37.6 Å². The van der Waals surface area contributed by atoms with Gasteiger partial charge in [-0.05, 0) is 81.1 Å². The second-order valence-corrected chi connectivity index (χ2v) is 10.4. The lowest BCUT2D eigenvalue weighted by Crippen LogP contribution is -2.36. The fraction of sp³-hybridized carbons (Fsp3) is 0.438. The molecule has 0 saturated carbocycles. The van der Waals surface area contributed by atoms with Crippen LogP contribution in [0, 0.1) is 6.92 Å². The number of rotatable bonds is 6. The number of nitrogens with zero attached hydrogens (tertiary/aromatic N) is 4. The van der Waals surface area contributed by atoms with E-state index in [1.807, 2.05) is 50.9 Å².